The van der Waals surface area contributed by atoms with Crippen LogP contribution in [0.1, 0.15) is 35.6 Å². The third-order valence-electron chi connectivity index (χ3n) is 3.77. The summed E-state index contributed by atoms with van der Waals surface area (Å²) in [5.74, 6) is 0.876. The minimum atomic E-state index is 0.147. The number of rotatable bonds is 3. The fraction of sp³-hybridized carbons (Fsp3) is 0.294. The first-order valence-electron chi connectivity index (χ1n) is 6.98. The fourth-order valence-electron chi connectivity index (χ4n) is 2.70. The van der Waals surface area contributed by atoms with E-state index in [0.717, 1.165) is 29.2 Å². The maximum atomic E-state index is 6.17. The normalized spacial score (nSPS) is 17.6. The first kappa shape index (κ1) is 13.5. The van der Waals surface area contributed by atoms with Gasteiger partial charge in [-0.3, -0.25) is 0 Å². The summed E-state index contributed by atoms with van der Waals surface area (Å²) in [5.41, 5.74) is 9.83. The van der Waals surface area contributed by atoms with Gasteiger partial charge in [-0.05, 0) is 60.2 Å². The van der Waals surface area contributed by atoms with Gasteiger partial charge in [0.05, 0.1) is 0 Å². The molecule has 0 saturated carbocycles. The Morgan fingerprint density at radius 1 is 1.20 bits per heavy atom. The van der Waals surface area contributed by atoms with Gasteiger partial charge in [-0.1, -0.05) is 29.8 Å². The number of hydrogen-bond acceptors (Lipinski definition) is 2. The molecule has 3 rings (SSSR count). The molecule has 1 atom stereocenters. The van der Waals surface area contributed by atoms with Crippen LogP contribution < -0.4 is 10.5 Å². The van der Waals surface area contributed by atoms with Crippen LogP contribution in [0.4, 0.5) is 0 Å². The Morgan fingerprint density at radius 2 is 2.10 bits per heavy atom. The molecule has 0 fully saturated rings. The van der Waals surface area contributed by atoms with E-state index in [1.807, 2.05) is 30.3 Å². The van der Waals surface area contributed by atoms with Crippen molar-refractivity contribution in [3.63, 3.8) is 0 Å². The van der Waals surface area contributed by atoms with Crippen molar-refractivity contribution in [2.24, 2.45) is 5.73 Å². The van der Waals surface area contributed by atoms with Crippen LogP contribution in [0.25, 0.3) is 0 Å². The summed E-state index contributed by atoms with van der Waals surface area (Å²) in [6.45, 7) is 0.522. The molecule has 1 aliphatic rings. The first-order chi connectivity index (χ1) is 9.72. The van der Waals surface area contributed by atoms with Gasteiger partial charge in [-0.2, -0.15) is 0 Å². The standard InChI is InChI=1S/C17H18ClNO/c18-14-5-1-3-12(9-14)11-20-15-8-7-13-4-2-6-17(19)16(13)10-15/h1,3,5,7-10,17H,2,4,6,11,19H2/t17-/m1/s1. The van der Waals surface area contributed by atoms with E-state index in [-0.39, 0.29) is 6.04 Å². The topological polar surface area (TPSA) is 35.2 Å². The quantitative estimate of drug-likeness (QED) is 0.916. The molecule has 0 aliphatic heterocycles. The minimum Gasteiger partial charge on any atom is -0.489 e. The Kier molecular flexibility index (Phi) is 3.95. The molecular formula is C17H18ClNO. The van der Waals surface area contributed by atoms with Gasteiger partial charge in [-0.25, -0.2) is 0 Å². The lowest BCUT2D eigenvalue weighted by Crippen LogP contribution is -2.17. The maximum absolute atomic E-state index is 6.17. The van der Waals surface area contributed by atoms with Crippen LogP contribution in [-0.4, -0.2) is 0 Å². The highest BCUT2D eigenvalue weighted by atomic mass is 35.5. The lowest BCUT2D eigenvalue weighted by atomic mass is 9.88. The molecule has 0 spiro atoms. The van der Waals surface area contributed by atoms with Gasteiger partial charge in [0.15, 0.2) is 0 Å². The largest absolute Gasteiger partial charge is 0.489 e. The molecule has 0 bridgehead atoms. The van der Waals surface area contributed by atoms with E-state index in [2.05, 4.69) is 12.1 Å². The van der Waals surface area contributed by atoms with E-state index < -0.39 is 0 Å². The van der Waals surface area contributed by atoms with Crippen molar-refractivity contribution in [2.45, 2.75) is 31.9 Å². The summed E-state index contributed by atoms with van der Waals surface area (Å²) in [4.78, 5) is 0. The number of ether oxygens (including phenoxy) is 1. The lowest BCUT2D eigenvalue weighted by Gasteiger charge is -2.22. The molecular weight excluding hydrogens is 270 g/mol. The maximum Gasteiger partial charge on any atom is 0.120 e. The Balaban J connectivity index is 1.73. The van der Waals surface area contributed by atoms with Gasteiger partial charge in [0, 0.05) is 11.1 Å². The zero-order valence-corrected chi connectivity index (χ0v) is 12.1. The van der Waals surface area contributed by atoms with E-state index in [1.54, 1.807) is 0 Å². The number of hydrogen-bond donors (Lipinski definition) is 1. The molecule has 0 saturated heterocycles. The number of halogens is 1. The average Bonchev–Trinajstić information content (AvgIpc) is 2.46. The smallest absolute Gasteiger partial charge is 0.120 e. The Hall–Kier alpha value is -1.51. The summed E-state index contributed by atoms with van der Waals surface area (Å²) < 4.78 is 5.85. The van der Waals surface area contributed by atoms with Gasteiger partial charge >= 0.3 is 0 Å². The number of nitrogens with two attached hydrogens (primary N) is 1. The van der Waals surface area contributed by atoms with Crippen LogP contribution in [0, 0.1) is 0 Å². The second kappa shape index (κ2) is 5.86. The summed E-state index contributed by atoms with van der Waals surface area (Å²) >= 11 is 5.97. The zero-order valence-electron chi connectivity index (χ0n) is 11.3. The Labute approximate surface area is 124 Å². The predicted molar refractivity (Wildman–Crippen MR) is 82.1 cm³/mol. The summed E-state index contributed by atoms with van der Waals surface area (Å²) in [6, 6.07) is 14.1. The van der Waals surface area contributed by atoms with E-state index in [0.29, 0.717) is 6.61 Å². The number of benzene rings is 2. The van der Waals surface area contributed by atoms with Crippen molar-refractivity contribution in [3.05, 3.63) is 64.2 Å². The monoisotopic (exact) mass is 287 g/mol. The van der Waals surface area contributed by atoms with Crippen molar-refractivity contribution in [1.29, 1.82) is 0 Å². The molecule has 20 heavy (non-hydrogen) atoms. The van der Waals surface area contributed by atoms with Crippen molar-refractivity contribution in [2.75, 3.05) is 0 Å². The molecule has 0 radical (unpaired) electrons. The van der Waals surface area contributed by atoms with Crippen molar-refractivity contribution < 1.29 is 4.74 Å². The third-order valence-corrected chi connectivity index (χ3v) is 4.01. The molecule has 0 amide bonds. The molecule has 104 valence electrons. The molecule has 0 unspecified atom stereocenters. The van der Waals surface area contributed by atoms with Crippen molar-refractivity contribution in [1.82, 2.24) is 0 Å². The number of fused-ring (bicyclic) bond motifs is 1. The van der Waals surface area contributed by atoms with Gasteiger partial charge in [0.25, 0.3) is 0 Å². The van der Waals surface area contributed by atoms with E-state index in [9.17, 15) is 0 Å². The van der Waals surface area contributed by atoms with Crippen molar-refractivity contribution >= 4 is 11.6 Å². The molecule has 2 aromatic carbocycles. The summed E-state index contributed by atoms with van der Waals surface area (Å²) in [5, 5.41) is 0.735. The van der Waals surface area contributed by atoms with Gasteiger partial charge in [0.2, 0.25) is 0 Å². The van der Waals surface area contributed by atoms with Crippen LogP contribution in [-0.2, 0) is 13.0 Å². The highest BCUT2D eigenvalue weighted by Crippen LogP contribution is 2.31. The first-order valence-corrected chi connectivity index (χ1v) is 7.36. The number of aryl methyl sites for hydroxylation is 1. The SMILES string of the molecule is N[C@@H]1CCCc2ccc(OCc3cccc(Cl)c3)cc21. The zero-order chi connectivity index (χ0) is 13.9. The molecule has 2 aromatic rings. The van der Waals surface area contributed by atoms with Crippen LogP contribution in [0.5, 0.6) is 5.75 Å². The lowest BCUT2D eigenvalue weighted by molar-refractivity contribution is 0.305. The second-order valence-electron chi connectivity index (χ2n) is 5.28. The predicted octanol–water partition coefficient (Wildman–Crippen LogP) is 4.26. The van der Waals surface area contributed by atoms with Crippen LogP contribution in [0.15, 0.2) is 42.5 Å². The molecule has 2 N–H and O–H groups in total. The van der Waals surface area contributed by atoms with Gasteiger partial charge in [-0.15, -0.1) is 0 Å². The van der Waals surface area contributed by atoms with Gasteiger partial charge < -0.3 is 10.5 Å². The Bertz CT molecular complexity index is 612. The third kappa shape index (κ3) is 2.97. The summed E-state index contributed by atoms with van der Waals surface area (Å²) in [7, 11) is 0. The summed E-state index contributed by atoms with van der Waals surface area (Å²) in [6.07, 6.45) is 3.36. The minimum absolute atomic E-state index is 0.147. The van der Waals surface area contributed by atoms with Crippen LogP contribution in [0.3, 0.4) is 0 Å². The van der Waals surface area contributed by atoms with Crippen molar-refractivity contribution in [3.8, 4) is 5.75 Å². The van der Waals surface area contributed by atoms with Crippen LogP contribution in [0.2, 0.25) is 5.02 Å². The fourth-order valence-corrected chi connectivity index (χ4v) is 2.91. The second-order valence-corrected chi connectivity index (χ2v) is 5.71. The molecule has 1 aliphatic carbocycles. The van der Waals surface area contributed by atoms with E-state index in [4.69, 9.17) is 22.1 Å². The molecule has 2 nitrogen and oxygen atoms in total. The molecule has 0 aromatic heterocycles. The highest BCUT2D eigenvalue weighted by molar-refractivity contribution is 6.30. The van der Waals surface area contributed by atoms with E-state index in [1.165, 1.54) is 17.5 Å². The Morgan fingerprint density at radius 3 is 2.95 bits per heavy atom. The molecule has 3 heteroatoms. The highest BCUT2D eigenvalue weighted by Gasteiger charge is 2.17. The van der Waals surface area contributed by atoms with Crippen LogP contribution >= 0.6 is 11.6 Å². The van der Waals surface area contributed by atoms with Gasteiger partial charge in [0.1, 0.15) is 12.4 Å². The van der Waals surface area contributed by atoms with E-state index >= 15 is 0 Å². The molecule has 0 heterocycles. The average molecular weight is 288 g/mol.